The smallest absolute Gasteiger partial charge is 0.409 e. The first-order valence-electron chi connectivity index (χ1n) is 12.9. The van der Waals surface area contributed by atoms with E-state index in [9.17, 15) is 9.18 Å². The summed E-state index contributed by atoms with van der Waals surface area (Å²) in [4.78, 5) is 27.7. The van der Waals surface area contributed by atoms with Gasteiger partial charge in [-0.15, -0.1) is 0 Å². The van der Waals surface area contributed by atoms with E-state index in [1.807, 2.05) is 41.6 Å². The van der Waals surface area contributed by atoms with Crippen LogP contribution in [-0.2, 0) is 11.8 Å². The number of amides is 1. The molecule has 2 aliphatic heterocycles. The van der Waals surface area contributed by atoms with Gasteiger partial charge in [-0.1, -0.05) is 6.07 Å². The van der Waals surface area contributed by atoms with Crippen LogP contribution < -0.4 is 4.90 Å². The first-order valence-corrected chi connectivity index (χ1v) is 12.9. The highest BCUT2D eigenvalue weighted by Gasteiger charge is 2.51. The van der Waals surface area contributed by atoms with Crippen molar-refractivity contribution < 1.29 is 13.9 Å². The molecule has 4 heterocycles. The second-order valence-electron chi connectivity index (χ2n) is 10.6. The zero-order chi connectivity index (χ0) is 24.9. The van der Waals surface area contributed by atoms with Crippen molar-refractivity contribution >= 4 is 22.9 Å². The molecule has 1 saturated carbocycles. The molecular formula is C27H33FN6O2. The zero-order valence-corrected chi connectivity index (χ0v) is 21.0. The van der Waals surface area contributed by atoms with E-state index in [1.165, 1.54) is 19.0 Å². The van der Waals surface area contributed by atoms with Gasteiger partial charge in [-0.25, -0.2) is 19.2 Å². The minimum absolute atomic E-state index is 0.176. The summed E-state index contributed by atoms with van der Waals surface area (Å²) in [6.45, 7) is 7.56. The van der Waals surface area contributed by atoms with Crippen LogP contribution in [0.25, 0.3) is 22.2 Å². The maximum Gasteiger partial charge on any atom is 0.409 e. The van der Waals surface area contributed by atoms with Crippen molar-refractivity contribution in [3.8, 4) is 11.1 Å². The molecule has 1 amide bonds. The minimum atomic E-state index is -0.331. The number of carbonyl (C=O) groups excluding carboxylic acids is 1. The number of nitrogens with zero attached hydrogens (tertiary/aromatic N) is 6. The number of halogens is 1. The van der Waals surface area contributed by atoms with Crippen molar-refractivity contribution in [2.24, 2.45) is 12.5 Å². The summed E-state index contributed by atoms with van der Waals surface area (Å²) in [6.07, 6.45) is 6.44. The highest BCUT2D eigenvalue weighted by atomic mass is 19.1. The fourth-order valence-electron chi connectivity index (χ4n) is 6.38. The molecule has 1 spiro atoms. The molecule has 0 bridgehead atoms. The van der Waals surface area contributed by atoms with Crippen LogP contribution in [0.15, 0.2) is 36.8 Å². The van der Waals surface area contributed by atoms with E-state index < -0.39 is 0 Å². The predicted octanol–water partition coefficient (Wildman–Crippen LogP) is 3.91. The lowest BCUT2D eigenvalue weighted by Crippen LogP contribution is -2.58. The van der Waals surface area contributed by atoms with Gasteiger partial charge in [0, 0.05) is 63.3 Å². The molecule has 190 valence electrons. The molecule has 0 unspecified atom stereocenters. The van der Waals surface area contributed by atoms with E-state index in [4.69, 9.17) is 4.74 Å². The number of aryl methyl sites for hydroxylation is 1. The van der Waals surface area contributed by atoms with Crippen LogP contribution in [-0.4, -0.2) is 82.3 Å². The van der Waals surface area contributed by atoms with E-state index in [0.29, 0.717) is 12.6 Å². The van der Waals surface area contributed by atoms with E-state index in [-0.39, 0.29) is 17.3 Å². The van der Waals surface area contributed by atoms with Crippen molar-refractivity contribution in [1.29, 1.82) is 0 Å². The van der Waals surface area contributed by atoms with Gasteiger partial charge in [0.2, 0.25) is 0 Å². The maximum atomic E-state index is 14.3. The summed E-state index contributed by atoms with van der Waals surface area (Å²) in [5.41, 5.74) is 3.95. The average molecular weight is 493 g/mol. The van der Waals surface area contributed by atoms with Crippen LogP contribution in [0.3, 0.4) is 0 Å². The van der Waals surface area contributed by atoms with Gasteiger partial charge in [0.05, 0.1) is 30.2 Å². The minimum Gasteiger partial charge on any atom is -0.450 e. The van der Waals surface area contributed by atoms with Crippen LogP contribution in [0.4, 0.5) is 15.0 Å². The van der Waals surface area contributed by atoms with Crippen molar-refractivity contribution in [2.45, 2.75) is 32.2 Å². The number of hydrogen-bond acceptors (Lipinski definition) is 6. The Hall–Kier alpha value is -3.20. The molecule has 0 N–H and O–H groups in total. The summed E-state index contributed by atoms with van der Waals surface area (Å²) in [7, 11) is 1.97. The van der Waals surface area contributed by atoms with Crippen molar-refractivity contribution in [3.05, 3.63) is 42.6 Å². The third kappa shape index (κ3) is 4.09. The van der Waals surface area contributed by atoms with E-state index in [2.05, 4.69) is 19.8 Å². The van der Waals surface area contributed by atoms with Crippen LogP contribution in [0.1, 0.15) is 26.2 Å². The van der Waals surface area contributed by atoms with E-state index in [1.54, 1.807) is 12.4 Å². The molecule has 1 atom stereocenters. The molecule has 3 fully saturated rings. The molecule has 0 radical (unpaired) electrons. The largest absolute Gasteiger partial charge is 0.450 e. The number of likely N-dealkylation sites (tertiary alicyclic amines) is 1. The zero-order valence-electron chi connectivity index (χ0n) is 21.0. The maximum absolute atomic E-state index is 14.3. The summed E-state index contributed by atoms with van der Waals surface area (Å²) >= 11 is 0. The number of imidazole rings is 1. The van der Waals surface area contributed by atoms with Gasteiger partial charge in [-0.3, -0.25) is 4.90 Å². The Morgan fingerprint density at radius 2 is 1.97 bits per heavy atom. The number of benzene rings is 1. The van der Waals surface area contributed by atoms with Crippen molar-refractivity contribution in [2.75, 3.05) is 50.8 Å². The molecule has 9 heteroatoms. The number of hydrogen-bond donors (Lipinski definition) is 0. The highest BCUT2D eigenvalue weighted by Crippen LogP contribution is 2.47. The number of carbonyl (C=O) groups is 1. The summed E-state index contributed by atoms with van der Waals surface area (Å²) < 4.78 is 21.4. The summed E-state index contributed by atoms with van der Waals surface area (Å²) in [5, 5.41) is 0. The normalized spacial score (nSPS) is 21.8. The number of aromatic nitrogens is 3. The third-order valence-electron chi connectivity index (χ3n) is 8.26. The summed E-state index contributed by atoms with van der Waals surface area (Å²) in [5.74, 6) is 0.500. The predicted molar refractivity (Wildman–Crippen MR) is 136 cm³/mol. The Bertz CT molecular complexity index is 1280. The van der Waals surface area contributed by atoms with Crippen molar-refractivity contribution in [1.82, 2.24) is 24.3 Å². The molecule has 1 aliphatic carbocycles. The van der Waals surface area contributed by atoms with Gasteiger partial charge < -0.3 is 19.1 Å². The standard InChI is InChI=1S/C27H33FN6O2/c1-3-36-26(35)34-16-27(17-34)7-6-21(14-27)32-8-10-33(11-9-32)25-22(13-20(28)15-29-25)19-4-5-24-23(12-19)30-18-31(24)2/h4-5,12-13,15,18,21H,3,6-11,14,16-17H2,1-2H3/t21-/m1/s1. The van der Waals surface area contributed by atoms with Crippen LogP contribution in [0.5, 0.6) is 0 Å². The molecule has 8 nitrogen and oxygen atoms in total. The SMILES string of the molecule is CCOC(=O)N1CC2(CC[C@@H](N3CCN(c4ncc(F)cc4-c4ccc5c(c4)ncn5C)CC3)C2)C1. The topological polar surface area (TPSA) is 66.7 Å². The lowest BCUT2D eigenvalue weighted by atomic mass is 9.78. The number of piperazine rings is 1. The second-order valence-corrected chi connectivity index (χ2v) is 10.6. The van der Waals surface area contributed by atoms with Gasteiger partial charge in [0.1, 0.15) is 11.6 Å². The Labute approximate surface area is 210 Å². The Kier molecular flexibility index (Phi) is 5.82. The van der Waals surface area contributed by atoms with Gasteiger partial charge in [-0.2, -0.15) is 0 Å². The lowest BCUT2D eigenvalue weighted by Gasteiger charge is -2.48. The average Bonchev–Trinajstić information content (AvgIpc) is 3.48. The second kappa shape index (κ2) is 9.03. The number of rotatable bonds is 4. The van der Waals surface area contributed by atoms with Gasteiger partial charge in [0.15, 0.2) is 0 Å². The van der Waals surface area contributed by atoms with Crippen LogP contribution >= 0.6 is 0 Å². The molecule has 6 rings (SSSR count). The lowest BCUT2D eigenvalue weighted by molar-refractivity contribution is -0.00294. The molecular weight excluding hydrogens is 459 g/mol. The quantitative estimate of drug-likeness (QED) is 0.550. The van der Waals surface area contributed by atoms with E-state index >= 15 is 0 Å². The molecule has 1 aromatic carbocycles. The highest BCUT2D eigenvalue weighted by molar-refractivity contribution is 5.85. The molecule has 3 aromatic rings. The fourth-order valence-corrected chi connectivity index (χ4v) is 6.38. The van der Waals surface area contributed by atoms with Gasteiger partial charge >= 0.3 is 6.09 Å². The van der Waals surface area contributed by atoms with Crippen LogP contribution in [0.2, 0.25) is 0 Å². The monoisotopic (exact) mass is 492 g/mol. The van der Waals surface area contributed by atoms with E-state index in [0.717, 1.165) is 73.7 Å². The first-order chi connectivity index (χ1) is 17.4. The van der Waals surface area contributed by atoms with Gasteiger partial charge in [-0.05, 0) is 49.9 Å². The first kappa shape index (κ1) is 23.2. The fraction of sp³-hybridized carbons (Fsp3) is 0.519. The molecule has 36 heavy (non-hydrogen) atoms. The molecule has 2 aromatic heterocycles. The Morgan fingerprint density at radius 1 is 1.17 bits per heavy atom. The molecule has 3 aliphatic rings. The molecule has 2 saturated heterocycles. The summed E-state index contributed by atoms with van der Waals surface area (Å²) in [6, 6.07) is 8.22. The number of pyridine rings is 1. The van der Waals surface area contributed by atoms with Crippen LogP contribution in [0, 0.1) is 11.2 Å². The Morgan fingerprint density at radius 3 is 2.75 bits per heavy atom. The third-order valence-corrected chi connectivity index (χ3v) is 8.26. The Balaban J connectivity index is 1.12. The number of fused-ring (bicyclic) bond motifs is 1. The van der Waals surface area contributed by atoms with Crippen molar-refractivity contribution in [3.63, 3.8) is 0 Å². The van der Waals surface area contributed by atoms with Gasteiger partial charge in [0.25, 0.3) is 0 Å². The number of ether oxygens (including phenoxy) is 1. The number of anilines is 1.